The second kappa shape index (κ2) is 6.79. The van der Waals surface area contributed by atoms with Crippen molar-refractivity contribution in [2.45, 2.75) is 31.6 Å². The van der Waals surface area contributed by atoms with Gasteiger partial charge in [0, 0.05) is 17.2 Å². The summed E-state index contributed by atoms with van der Waals surface area (Å²) in [5.41, 5.74) is 1.70. The Morgan fingerprint density at radius 2 is 2.17 bits per heavy atom. The molecule has 0 aromatic heterocycles. The molecule has 2 aliphatic rings. The lowest BCUT2D eigenvalue weighted by molar-refractivity contribution is -0.116. The van der Waals surface area contributed by atoms with Crippen molar-refractivity contribution in [3.05, 3.63) is 35.1 Å². The molecule has 0 spiro atoms. The minimum atomic E-state index is -0.260. The summed E-state index contributed by atoms with van der Waals surface area (Å²) in [6.45, 7) is 4.86. The van der Waals surface area contributed by atoms with Gasteiger partial charge in [0.15, 0.2) is 5.78 Å². The number of ketones is 2. The number of aryl methyl sites for hydroxylation is 1. The van der Waals surface area contributed by atoms with Crippen molar-refractivity contribution >= 4 is 23.3 Å². The Labute approximate surface area is 140 Å². The van der Waals surface area contributed by atoms with Gasteiger partial charge in [0.25, 0.3) is 0 Å². The van der Waals surface area contributed by atoms with Crippen LogP contribution >= 0.6 is 11.8 Å². The number of thioether (sulfide) groups is 1. The van der Waals surface area contributed by atoms with Crippen LogP contribution in [0, 0.1) is 12.8 Å². The lowest BCUT2D eigenvalue weighted by Gasteiger charge is -2.21. The Bertz CT molecular complexity index is 674. The minimum Gasteiger partial charge on any atom is -0.501 e. The summed E-state index contributed by atoms with van der Waals surface area (Å²) in [6.07, 6.45) is 3.06. The Morgan fingerprint density at radius 1 is 1.39 bits per heavy atom. The summed E-state index contributed by atoms with van der Waals surface area (Å²) in [6, 6.07) is 3.66. The quantitative estimate of drug-likeness (QED) is 0.262. The van der Waals surface area contributed by atoms with Gasteiger partial charge >= 0.3 is 0 Å². The van der Waals surface area contributed by atoms with Crippen molar-refractivity contribution in [3.8, 4) is 5.75 Å². The Kier molecular flexibility index (Phi) is 4.76. The van der Waals surface area contributed by atoms with Crippen molar-refractivity contribution in [3.63, 3.8) is 0 Å². The molecule has 1 aromatic carbocycles. The van der Waals surface area contributed by atoms with Gasteiger partial charge in [-0.15, -0.1) is 11.8 Å². The highest BCUT2D eigenvalue weighted by Crippen LogP contribution is 2.40. The Hall–Kier alpha value is -1.75. The van der Waals surface area contributed by atoms with E-state index in [0.29, 0.717) is 18.8 Å². The molecule has 0 radical (unpaired) electrons. The van der Waals surface area contributed by atoms with Gasteiger partial charge in [0.1, 0.15) is 11.3 Å². The number of carbonyl (C=O) groups excluding carboxylic acids is 2. The Balaban J connectivity index is 1.98. The first-order chi connectivity index (χ1) is 11.1. The molecule has 0 N–H and O–H groups in total. The summed E-state index contributed by atoms with van der Waals surface area (Å²) < 4.78 is 11.0. The van der Waals surface area contributed by atoms with Gasteiger partial charge < -0.3 is 9.47 Å². The number of benzene rings is 1. The van der Waals surface area contributed by atoms with Crippen molar-refractivity contribution in [2.24, 2.45) is 5.92 Å². The van der Waals surface area contributed by atoms with Crippen LogP contribution in [0.5, 0.6) is 5.75 Å². The van der Waals surface area contributed by atoms with E-state index in [1.54, 1.807) is 17.8 Å². The maximum absolute atomic E-state index is 13.0. The highest BCUT2D eigenvalue weighted by atomic mass is 32.2. The molecule has 5 heteroatoms. The average molecular weight is 332 g/mol. The molecule has 1 aliphatic heterocycles. The van der Waals surface area contributed by atoms with Crippen LogP contribution in [0.4, 0.5) is 0 Å². The van der Waals surface area contributed by atoms with Crippen molar-refractivity contribution in [2.75, 3.05) is 19.0 Å². The predicted octanol–water partition coefficient (Wildman–Crippen LogP) is 3.56. The number of ether oxygens (including phenoxy) is 2. The first-order valence-corrected chi connectivity index (χ1v) is 8.92. The first kappa shape index (κ1) is 16.1. The van der Waals surface area contributed by atoms with Gasteiger partial charge in [-0.3, -0.25) is 9.59 Å². The van der Waals surface area contributed by atoms with Crippen LogP contribution in [-0.2, 0) is 9.53 Å². The number of fused-ring (bicyclic) bond motifs is 1. The van der Waals surface area contributed by atoms with Gasteiger partial charge in [-0.2, -0.15) is 0 Å². The number of hydrogen-bond donors (Lipinski definition) is 0. The molecule has 4 nitrogen and oxygen atoms in total. The predicted molar refractivity (Wildman–Crippen MR) is 89.2 cm³/mol. The number of rotatable bonds is 6. The SMILES string of the molecule is CCOC=C(C(=O)c1ccc(C)c2c1SCCO2)C(=O)C1CC1. The molecule has 3 rings (SSSR count). The molecule has 0 saturated heterocycles. The normalized spacial score (nSPS) is 17.2. The fourth-order valence-electron chi connectivity index (χ4n) is 2.55. The summed E-state index contributed by atoms with van der Waals surface area (Å²) in [5, 5.41) is 0. The monoisotopic (exact) mass is 332 g/mol. The van der Waals surface area contributed by atoms with Gasteiger partial charge in [-0.1, -0.05) is 6.07 Å². The summed E-state index contributed by atoms with van der Waals surface area (Å²) in [7, 11) is 0. The lowest BCUT2D eigenvalue weighted by atomic mass is 9.97. The van der Waals surface area contributed by atoms with E-state index in [4.69, 9.17) is 9.47 Å². The topological polar surface area (TPSA) is 52.6 Å². The second-order valence-electron chi connectivity index (χ2n) is 5.74. The third-order valence-electron chi connectivity index (χ3n) is 3.96. The van der Waals surface area contributed by atoms with Crippen molar-refractivity contribution in [1.82, 2.24) is 0 Å². The van der Waals surface area contributed by atoms with Crippen LogP contribution in [0.25, 0.3) is 0 Å². The number of Topliss-reactive ketones (excluding diaryl/α,β-unsaturated/α-hetero) is 2. The molecule has 1 aromatic rings. The molecule has 122 valence electrons. The van der Waals surface area contributed by atoms with E-state index in [9.17, 15) is 9.59 Å². The molecule has 0 unspecified atom stereocenters. The first-order valence-electron chi connectivity index (χ1n) is 7.93. The highest BCUT2D eigenvalue weighted by molar-refractivity contribution is 7.99. The van der Waals surface area contributed by atoms with E-state index < -0.39 is 0 Å². The van der Waals surface area contributed by atoms with Crippen LogP contribution < -0.4 is 4.74 Å². The van der Waals surface area contributed by atoms with E-state index in [1.165, 1.54) is 6.26 Å². The van der Waals surface area contributed by atoms with E-state index in [1.807, 2.05) is 19.9 Å². The number of hydrogen-bond acceptors (Lipinski definition) is 5. The van der Waals surface area contributed by atoms with Crippen LogP contribution in [0.1, 0.15) is 35.7 Å². The molecular formula is C18H20O4S. The third kappa shape index (κ3) is 3.29. The fourth-order valence-corrected chi connectivity index (χ4v) is 3.59. The largest absolute Gasteiger partial charge is 0.501 e. The zero-order valence-corrected chi connectivity index (χ0v) is 14.2. The van der Waals surface area contributed by atoms with Crippen molar-refractivity contribution < 1.29 is 19.1 Å². The van der Waals surface area contributed by atoms with Gasteiger partial charge in [-0.05, 0) is 38.3 Å². The standard InChI is InChI=1S/C18H20O4S/c1-3-21-10-14(15(19)12-5-6-12)16(20)13-7-4-11(2)17-18(13)23-9-8-22-17/h4,7,10,12H,3,5-6,8-9H2,1-2H3. The molecule has 0 atom stereocenters. The molecule has 0 bridgehead atoms. The Morgan fingerprint density at radius 3 is 2.87 bits per heavy atom. The molecule has 1 heterocycles. The van der Waals surface area contributed by atoms with Crippen LogP contribution in [0.15, 0.2) is 28.9 Å². The molecule has 1 fully saturated rings. The van der Waals surface area contributed by atoms with Crippen LogP contribution in [0.3, 0.4) is 0 Å². The zero-order chi connectivity index (χ0) is 16.4. The molecular weight excluding hydrogens is 312 g/mol. The summed E-state index contributed by atoms with van der Waals surface area (Å²) in [4.78, 5) is 26.3. The van der Waals surface area contributed by atoms with Crippen LogP contribution in [-0.4, -0.2) is 30.5 Å². The fraction of sp³-hybridized carbons (Fsp3) is 0.444. The molecule has 1 saturated carbocycles. The molecule has 23 heavy (non-hydrogen) atoms. The van der Waals surface area contributed by atoms with E-state index in [-0.39, 0.29) is 23.1 Å². The number of carbonyl (C=O) groups is 2. The van der Waals surface area contributed by atoms with Crippen molar-refractivity contribution in [1.29, 1.82) is 0 Å². The number of allylic oxidation sites excluding steroid dienone is 1. The second-order valence-corrected chi connectivity index (χ2v) is 6.84. The maximum atomic E-state index is 13.0. The maximum Gasteiger partial charge on any atom is 0.200 e. The van der Waals surface area contributed by atoms with E-state index >= 15 is 0 Å². The third-order valence-corrected chi connectivity index (χ3v) is 5.02. The molecule has 0 amide bonds. The van der Waals surface area contributed by atoms with Gasteiger partial charge in [0.2, 0.25) is 5.78 Å². The summed E-state index contributed by atoms with van der Waals surface area (Å²) >= 11 is 1.61. The van der Waals surface area contributed by atoms with Gasteiger partial charge in [-0.25, -0.2) is 0 Å². The van der Waals surface area contributed by atoms with E-state index in [2.05, 4.69) is 0 Å². The minimum absolute atomic E-state index is 0.0177. The average Bonchev–Trinajstić information content (AvgIpc) is 3.40. The van der Waals surface area contributed by atoms with Crippen LogP contribution in [0.2, 0.25) is 0 Å². The summed E-state index contributed by atoms with van der Waals surface area (Å²) in [5.74, 6) is 1.19. The van der Waals surface area contributed by atoms with E-state index in [0.717, 1.165) is 34.8 Å². The smallest absolute Gasteiger partial charge is 0.200 e. The lowest BCUT2D eigenvalue weighted by Crippen LogP contribution is -2.18. The highest BCUT2D eigenvalue weighted by Gasteiger charge is 2.36. The van der Waals surface area contributed by atoms with Gasteiger partial charge in [0.05, 0.1) is 24.4 Å². The zero-order valence-electron chi connectivity index (χ0n) is 13.4. The molecule has 1 aliphatic carbocycles.